The third-order valence-electron chi connectivity index (χ3n) is 6.95. The van der Waals surface area contributed by atoms with Crippen LogP contribution in [0.2, 0.25) is 0 Å². The first kappa shape index (κ1) is 25.3. The summed E-state index contributed by atoms with van der Waals surface area (Å²) in [6, 6.07) is 33.3. The number of fused-ring (bicyclic) bond motifs is 3. The van der Waals surface area contributed by atoms with E-state index in [1.54, 1.807) is 0 Å². The maximum atomic E-state index is 12.9. The topological polar surface area (TPSA) is 38.7 Å². The number of aliphatic hydroxyl groups is 1. The molecule has 0 heterocycles. The third kappa shape index (κ3) is 4.72. The van der Waals surface area contributed by atoms with Gasteiger partial charge in [0.1, 0.15) is 24.2 Å². The molecule has 1 aliphatic rings. The lowest BCUT2D eigenvalue weighted by molar-refractivity contribution is 0.125. The van der Waals surface area contributed by atoms with E-state index in [0.29, 0.717) is 12.4 Å². The van der Waals surface area contributed by atoms with Crippen molar-refractivity contribution in [2.24, 2.45) is 5.92 Å². The fraction of sp³-hybridized carbons (Fsp3) is 0.250. The van der Waals surface area contributed by atoms with Gasteiger partial charge in [0.25, 0.3) is 0 Å². The highest BCUT2D eigenvalue weighted by Crippen LogP contribution is 2.56. The molecule has 2 atom stereocenters. The van der Waals surface area contributed by atoms with Gasteiger partial charge in [-0.1, -0.05) is 79.7 Å². The van der Waals surface area contributed by atoms with E-state index < -0.39 is 18.2 Å². The molecular formula is C32H30ClFO3. The highest BCUT2D eigenvalue weighted by molar-refractivity contribution is 6.18. The molecular weight excluding hydrogens is 487 g/mol. The molecule has 0 fully saturated rings. The summed E-state index contributed by atoms with van der Waals surface area (Å²) in [6.07, 6.45) is -0.713. The van der Waals surface area contributed by atoms with E-state index >= 15 is 0 Å². The van der Waals surface area contributed by atoms with Crippen LogP contribution < -0.4 is 9.47 Å². The second kappa shape index (κ2) is 11.0. The Morgan fingerprint density at radius 3 is 1.65 bits per heavy atom. The second-order valence-corrected chi connectivity index (χ2v) is 9.89. The Morgan fingerprint density at radius 2 is 1.19 bits per heavy atom. The molecule has 0 spiro atoms. The quantitative estimate of drug-likeness (QED) is 0.203. The highest BCUT2D eigenvalue weighted by Gasteiger charge is 2.45. The van der Waals surface area contributed by atoms with Crippen molar-refractivity contribution in [3.05, 3.63) is 119 Å². The number of alkyl halides is 2. The molecule has 0 aromatic heterocycles. The number of hydrogen-bond donors (Lipinski definition) is 1. The Bertz CT molecular complexity index is 1230. The minimum atomic E-state index is -0.713. The molecule has 1 N–H and O–H groups in total. The van der Waals surface area contributed by atoms with Crippen molar-refractivity contribution >= 4 is 11.6 Å². The third-order valence-corrected chi connectivity index (χ3v) is 7.30. The minimum Gasteiger partial charge on any atom is -0.493 e. The molecule has 0 saturated heterocycles. The standard InChI is InChI=1S/C32H30ClFO3/c1-22(19-34)20-36-26-14-10-23(11-15-26)32(24-12-16-27(17-13-24)37-21-25(35)18-33)30-8-4-2-6-28(30)29-7-3-5-9-31(29)32/h2-17,22,25,35H,18-21H2,1H3. The molecule has 0 saturated carbocycles. The average molecular weight is 517 g/mol. The van der Waals surface area contributed by atoms with Gasteiger partial charge in [-0.25, -0.2) is 0 Å². The Balaban J connectivity index is 1.61. The molecule has 5 heteroatoms. The second-order valence-electron chi connectivity index (χ2n) is 9.58. The van der Waals surface area contributed by atoms with Gasteiger partial charge >= 0.3 is 0 Å². The van der Waals surface area contributed by atoms with E-state index in [1.165, 1.54) is 22.3 Å². The fourth-order valence-corrected chi connectivity index (χ4v) is 5.24. The molecule has 4 aromatic carbocycles. The Labute approximate surface area is 222 Å². The van der Waals surface area contributed by atoms with Gasteiger partial charge in [-0.3, -0.25) is 4.39 Å². The van der Waals surface area contributed by atoms with Crippen LogP contribution in [0.3, 0.4) is 0 Å². The van der Waals surface area contributed by atoms with E-state index in [4.69, 9.17) is 21.1 Å². The lowest BCUT2D eigenvalue weighted by atomic mass is 9.68. The van der Waals surface area contributed by atoms with Crippen LogP contribution >= 0.6 is 11.6 Å². The molecule has 4 aromatic rings. The van der Waals surface area contributed by atoms with Crippen LogP contribution in [0.25, 0.3) is 11.1 Å². The van der Waals surface area contributed by atoms with Crippen LogP contribution in [0, 0.1) is 5.92 Å². The van der Waals surface area contributed by atoms with Crippen molar-refractivity contribution in [3.63, 3.8) is 0 Å². The van der Waals surface area contributed by atoms with E-state index in [-0.39, 0.29) is 18.4 Å². The van der Waals surface area contributed by atoms with Gasteiger partial charge in [-0.05, 0) is 57.6 Å². The van der Waals surface area contributed by atoms with Crippen LogP contribution in [0.1, 0.15) is 29.2 Å². The molecule has 5 rings (SSSR count). The van der Waals surface area contributed by atoms with Crippen molar-refractivity contribution in [1.82, 2.24) is 0 Å². The summed E-state index contributed by atoms with van der Waals surface area (Å²) in [4.78, 5) is 0. The van der Waals surface area contributed by atoms with Gasteiger partial charge in [-0.15, -0.1) is 11.6 Å². The van der Waals surface area contributed by atoms with Crippen LogP contribution in [0.4, 0.5) is 4.39 Å². The van der Waals surface area contributed by atoms with Gasteiger partial charge in [0.15, 0.2) is 0 Å². The van der Waals surface area contributed by atoms with Crippen molar-refractivity contribution < 1.29 is 19.0 Å². The summed E-state index contributed by atoms with van der Waals surface area (Å²) in [5.74, 6) is 1.38. The molecule has 0 amide bonds. The number of halogens is 2. The first-order valence-electron chi connectivity index (χ1n) is 12.5. The molecule has 0 radical (unpaired) electrons. The summed E-state index contributed by atoms with van der Waals surface area (Å²) in [6.45, 7) is 1.91. The fourth-order valence-electron chi connectivity index (χ4n) is 5.15. The van der Waals surface area contributed by atoms with Gasteiger partial charge < -0.3 is 14.6 Å². The van der Waals surface area contributed by atoms with Gasteiger partial charge in [-0.2, -0.15) is 0 Å². The van der Waals surface area contributed by atoms with Crippen molar-refractivity contribution in [3.8, 4) is 22.6 Å². The molecule has 3 nitrogen and oxygen atoms in total. The lowest BCUT2D eigenvalue weighted by Gasteiger charge is -2.34. The van der Waals surface area contributed by atoms with Crippen molar-refractivity contribution in [2.75, 3.05) is 25.8 Å². The van der Waals surface area contributed by atoms with Crippen molar-refractivity contribution in [1.29, 1.82) is 0 Å². The number of hydrogen-bond acceptors (Lipinski definition) is 3. The predicted octanol–water partition coefficient (Wildman–Crippen LogP) is 7.01. The monoisotopic (exact) mass is 516 g/mol. The Morgan fingerprint density at radius 1 is 0.730 bits per heavy atom. The molecule has 190 valence electrons. The van der Waals surface area contributed by atoms with Crippen LogP contribution in [0.5, 0.6) is 11.5 Å². The summed E-state index contributed by atoms with van der Waals surface area (Å²) in [7, 11) is 0. The number of ether oxygens (including phenoxy) is 2. The van der Waals surface area contributed by atoms with Crippen molar-refractivity contribution in [2.45, 2.75) is 18.4 Å². The summed E-state index contributed by atoms with van der Waals surface area (Å²) >= 11 is 5.71. The maximum Gasteiger partial charge on any atom is 0.119 e. The van der Waals surface area contributed by atoms with Gasteiger partial charge in [0.2, 0.25) is 0 Å². The summed E-state index contributed by atoms with van der Waals surface area (Å²) in [5.41, 5.74) is 6.52. The first-order chi connectivity index (χ1) is 18.1. The molecule has 37 heavy (non-hydrogen) atoms. The van der Waals surface area contributed by atoms with Crippen LogP contribution in [-0.2, 0) is 5.41 Å². The largest absolute Gasteiger partial charge is 0.493 e. The van der Waals surface area contributed by atoms with Crippen LogP contribution in [0.15, 0.2) is 97.1 Å². The van der Waals surface area contributed by atoms with Crippen LogP contribution in [-0.4, -0.2) is 37.0 Å². The molecule has 0 bridgehead atoms. The predicted molar refractivity (Wildman–Crippen MR) is 147 cm³/mol. The van der Waals surface area contributed by atoms with Gasteiger partial charge in [0, 0.05) is 5.92 Å². The number of rotatable bonds is 10. The molecule has 2 unspecified atom stereocenters. The first-order valence-corrected chi connectivity index (χ1v) is 13.1. The molecule has 0 aliphatic heterocycles. The normalized spacial score (nSPS) is 14.9. The van der Waals surface area contributed by atoms with E-state index in [9.17, 15) is 9.50 Å². The van der Waals surface area contributed by atoms with E-state index in [1.807, 2.05) is 31.2 Å². The van der Waals surface area contributed by atoms with Gasteiger partial charge in [0.05, 0.1) is 24.6 Å². The summed E-state index contributed by atoms with van der Waals surface area (Å²) < 4.78 is 24.5. The SMILES string of the molecule is CC(CF)COc1ccc(C2(c3ccc(OCC(O)CCl)cc3)c3ccccc3-c3ccccc32)cc1. The van der Waals surface area contributed by atoms with E-state index in [2.05, 4.69) is 72.8 Å². The Hall–Kier alpha value is -3.34. The lowest BCUT2D eigenvalue weighted by Crippen LogP contribution is -2.28. The zero-order valence-electron chi connectivity index (χ0n) is 20.7. The number of benzene rings is 4. The highest BCUT2D eigenvalue weighted by atomic mass is 35.5. The minimum absolute atomic E-state index is 0.126. The Kier molecular flexibility index (Phi) is 7.50. The average Bonchev–Trinajstić information content (AvgIpc) is 3.26. The molecule has 1 aliphatic carbocycles. The van der Waals surface area contributed by atoms with E-state index in [0.717, 1.165) is 16.9 Å². The zero-order chi connectivity index (χ0) is 25.8. The zero-order valence-corrected chi connectivity index (χ0v) is 21.5. The summed E-state index contributed by atoms with van der Waals surface area (Å²) in [5, 5.41) is 9.77. The maximum absolute atomic E-state index is 12.9. The number of aliphatic hydroxyl groups excluding tert-OH is 1. The smallest absolute Gasteiger partial charge is 0.119 e.